The predicted molar refractivity (Wildman–Crippen MR) is 132 cm³/mol. The number of carbonyl (C=O) groups is 2. The summed E-state index contributed by atoms with van der Waals surface area (Å²) in [6, 6.07) is 21.4. The zero-order valence-electron chi connectivity index (χ0n) is 19.2. The molecule has 3 aromatic rings. The SMILES string of the molecule is COc1ccccc1NC(=O)COc1ccc(C=C(C#N)C(=O)Nc2ccc(C)cc2C)cc1. The zero-order valence-corrected chi connectivity index (χ0v) is 19.2. The maximum atomic E-state index is 12.5. The standard InChI is InChI=1S/C27H25N3O4/c1-18-8-13-23(19(2)14-18)30-27(32)21(16-28)15-20-9-11-22(12-10-20)34-17-26(31)29-24-6-4-5-7-25(24)33-3/h4-15H,17H2,1-3H3,(H,29,31)(H,30,32). The molecule has 0 aliphatic carbocycles. The maximum absolute atomic E-state index is 12.5. The van der Waals surface area contributed by atoms with Crippen molar-refractivity contribution < 1.29 is 19.1 Å². The summed E-state index contributed by atoms with van der Waals surface area (Å²) in [6.07, 6.45) is 1.50. The molecule has 34 heavy (non-hydrogen) atoms. The van der Waals surface area contributed by atoms with Crippen LogP contribution in [-0.2, 0) is 9.59 Å². The van der Waals surface area contributed by atoms with Gasteiger partial charge < -0.3 is 20.1 Å². The molecule has 2 N–H and O–H groups in total. The molecule has 172 valence electrons. The Hall–Kier alpha value is -4.57. The molecule has 0 saturated heterocycles. The molecule has 0 saturated carbocycles. The molecule has 3 aromatic carbocycles. The first-order valence-electron chi connectivity index (χ1n) is 10.6. The van der Waals surface area contributed by atoms with E-state index >= 15 is 0 Å². The summed E-state index contributed by atoms with van der Waals surface area (Å²) in [5.74, 6) is 0.221. The smallest absolute Gasteiger partial charge is 0.266 e. The van der Waals surface area contributed by atoms with Crippen molar-refractivity contribution in [3.63, 3.8) is 0 Å². The molecular formula is C27H25N3O4. The van der Waals surface area contributed by atoms with Crippen LogP contribution in [0.1, 0.15) is 16.7 Å². The van der Waals surface area contributed by atoms with Crippen LogP contribution in [0, 0.1) is 25.2 Å². The van der Waals surface area contributed by atoms with Gasteiger partial charge in [-0.15, -0.1) is 0 Å². The number of nitrogens with zero attached hydrogens (tertiary/aromatic N) is 1. The fourth-order valence-corrected chi connectivity index (χ4v) is 3.20. The number of rotatable bonds is 8. The monoisotopic (exact) mass is 455 g/mol. The second-order valence-electron chi connectivity index (χ2n) is 7.55. The van der Waals surface area contributed by atoms with Gasteiger partial charge in [0.25, 0.3) is 11.8 Å². The van der Waals surface area contributed by atoms with Gasteiger partial charge in [-0.1, -0.05) is 42.0 Å². The summed E-state index contributed by atoms with van der Waals surface area (Å²) >= 11 is 0. The van der Waals surface area contributed by atoms with Crippen molar-refractivity contribution in [2.45, 2.75) is 13.8 Å². The number of hydrogen-bond acceptors (Lipinski definition) is 5. The lowest BCUT2D eigenvalue weighted by molar-refractivity contribution is -0.118. The average molecular weight is 456 g/mol. The summed E-state index contributed by atoms with van der Waals surface area (Å²) in [5.41, 5.74) is 3.85. The van der Waals surface area contributed by atoms with E-state index in [0.717, 1.165) is 11.1 Å². The first-order valence-corrected chi connectivity index (χ1v) is 10.6. The number of methoxy groups -OCH3 is 1. The van der Waals surface area contributed by atoms with Gasteiger partial charge in [0.1, 0.15) is 23.1 Å². The summed E-state index contributed by atoms with van der Waals surface area (Å²) < 4.78 is 10.7. The molecule has 2 amide bonds. The number of para-hydroxylation sites is 2. The van der Waals surface area contributed by atoms with Crippen LogP contribution in [0.5, 0.6) is 11.5 Å². The molecular weight excluding hydrogens is 430 g/mol. The van der Waals surface area contributed by atoms with E-state index in [-0.39, 0.29) is 18.1 Å². The predicted octanol–water partition coefficient (Wildman–Crippen LogP) is 4.88. The van der Waals surface area contributed by atoms with Crippen molar-refractivity contribution in [3.05, 3.63) is 89.0 Å². The lowest BCUT2D eigenvalue weighted by atomic mass is 10.1. The van der Waals surface area contributed by atoms with E-state index in [0.29, 0.717) is 28.4 Å². The number of ether oxygens (including phenoxy) is 2. The van der Waals surface area contributed by atoms with E-state index in [1.807, 2.05) is 44.2 Å². The summed E-state index contributed by atoms with van der Waals surface area (Å²) in [4.78, 5) is 24.7. The van der Waals surface area contributed by atoms with Gasteiger partial charge in [0.05, 0.1) is 12.8 Å². The average Bonchev–Trinajstić information content (AvgIpc) is 2.84. The minimum absolute atomic E-state index is 0.0233. The maximum Gasteiger partial charge on any atom is 0.266 e. The largest absolute Gasteiger partial charge is 0.495 e. The van der Waals surface area contributed by atoms with Gasteiger partial charge in [-0.2, -0.15) is 5.26 Å². The van der Waals surface area contributed by atoms with Crippen LogP contribution in [-0.4, -0.2) is 25.5 Å². The molecule has 0 bridgehead atoms. The molecule has 0 spiro atoms. The van der Waals surface area contributed by atoms with E-state index in [1.165, 1.54) is 13.2 Å². The highest BCUT2D eigenvalue weighted by atomic mass is 16.5. The third kappa shape index (κ3) is 6.47. The van der Waals surface area contributed by atoms with Crippen LogP contribution in [0.4, 0.5) is 11.4 Å². The first-order chi connectivity index (χ1) is 16.4. The molecule has 0 radical (unpaired) electrons. The molecule has 0 unspecified atom stereocenters. The van der Waals surface area contributed by atoms with Crippen molar-refractivity contribution in [3.8, 4) is 17.6 Å². The number of hydrogen-bond donors (Lipinski definition) is 2. The van der Waals surface area contributed by atoms with Gasteiger partial charge in [-0.05, 0) is 61.4 Å². The van der Waals surface area contributed by atoms with Crippen LogP contribution >= 0.6 is 0 Å². The van der Waals surface area contributed by atoms with Gasteiger partial charge in [0.2, 0.25) is 0 Å². The Balaban J connectivity index is 1.59. The molecule has 0 heterocycles. The highest BCUT2D eigenvalue weighted by Gasteiger charge is 2.11. The van der Waals surface area contributed by atoms with Gasteiger partial charge in [-0.3, -0.25) is 9.59 Å². The quantitative estimate of drug-likeness (QED) is 0.373. The second-order valence-corrected chi connectivity index (χ2v) is 7.55. The normalized spacial score (nSPS) is 10.7. The number of anilines is 2. The Morgan fingerprint density at radius 2 is 1.71 bits per heavy atom. The van der Waals surface area contributed by atoms with Crippen molar-refractivity contribution in [1.29, 1.82) is 5.26 Å². The van der Waals surface area contributed by atoms with E-state index < -0.39 is 5.91 Å². The topological polar surface area (TPSA) is 100 Å². The van der Waals surface area contributed by atoms with Crippen LogP contribution in [0.3, 0.4) is 0 Å². The van der Waals surface area contributed by atoms with Crippen molar-refractivity contribution in [2.75, 3.05) is 24.4 Å². The Labute approximate surface area is 198 Å². The minimum atomic E-state index is -0.484. The van der Waals surface area contributed by atoms with Gasteiger partial charge >= 0.3 is 0 Å². The third-order valence-corrected chi connectivity index (χ3v) is 4.94. The fourth-order valence-electron chi connectivity index (χ4n) is 3.20. The van der Waals surface area contributed by atoms with Gasteiger partial charge in [0, 0.05) is 5.69 Å². The van der Waals surface area contributed by atoms with Crippen LogP contribution in [0.25, 0.3) is 6.08 Å². The lowest BCUT2D eigenvalue weighted by Gasteiger charge is -2.11. The molecule has 3 rings (SSSR count). The molecule has 0 aliphatic rings. The number of nitrogens with one attached hydrogen (secondary N) is 2. The highest BCUT2D eigenvalue weighted by Crippen LogP contribution is 2.23. The highest BCUT2D eigenvalue weighted by molar-refractivity contribution is 6.10. The number of amides is 2. The Morgan fingerprint density at radius 1 is 0.971 bits per heavy atom. The van der Waals surface area contributed by atoms with E-state index in [1.54, 1.807) is 42.5 Å². The number of carbonyl (C=O) groups excluding carboxylic acids is 2. The molecule has 7 nitrogen and oxygen atoms in total. The minimum Gasteiger partial charge on any atom is -0.495 e. The lowest BCUT2D eigenvalue weighted by Crippen LogP contribution is -2.20. The molecule has 7 heteroatoms. The summed E-state index contributed by atoms with van der Waals surface area (Å²) in [6.45, 7) is 3.68. The summed E-state index contributed by atoms with van der Waals surface area (Å²) in [7, 11) is 1.53. The fraction of sp³-hybridized carbons (Fsp3) is 0.148. The van der Waals surface area contributed by atoms with E-state index in [4.69, 9.17) is 9.47 Å². The Morgan fingerprint density at radius 3 is 2.38 bits per heavy atom. The van der Waals surface area contributed by atoms with Crippen LogP contribution < -0.4 is 20.1 Å². The van der Waals surface area contributed by atoms with Crippen molar-refractivity contribution in [2.24, 2.45) is 0 Å². The first kappa shape index (κ1) is 24.1. The molecule has 0 fully saturated rings. The Kier molecular flexibility index (Phi) is 8.03. The van der Waals surface area contributed by atoms with Gasteiger partial charge in [-0.25, -0.2) is 0 Å². The van der Waals surface area contributed by atoms with Crippen molar-refractivity contribution >= 4 is 29.3 Å². The number of aryl methyl sites for hydroxylation is 2. The van der Waals surface area contributed by atoms with Gasteiger partial charge in [0.15, 0.2) is 6.61 Å². The molecule has 0 atom stereocenters. The number of benzene rings is 3. The van der Waals surface area contributed by atoms with E-state index in [2.05, 4.69) is 10.6 Å². The van der Waals surface area contributed by atoms with E-state index in [9.17, 15) is 14.9 Å². The molecule has 0 aromatic heterocycles. The van der Waals surface area contributed by atoms with Crippen LogP contribution in [0.2, 0.25) is 0 Å². The van der Waals surface area contributed by atoms with Crippen LogP contribution in [0.15, 0.2) is 72.3 Å². The van der Waals surface area contributed by atoms with Crippen molar-refractivity contribution in [1.82, 2.24) is 0 Å². The second kappa shape index (κ2) is 11.3. The Bertz CT molecular complexity index is 1260. The third-order valence-electron chi connectivity index (χ3n) is 4.94. The molecule has 0 aliphatic heterocycles. The summed E-state index contributed by atoms with van der Waals surface area (Å²) in [5, 5.41) is 15.0. The zero-order chi connectivity index (χ0) is 24.5. The number of nitriles is 1.